The van der Waals surface area contributed by atoms with Gasteiger partial charge in [0.2, 0.25) is 5.91 Å². The van der Waals surface area contributed by atoms with Crippen LogP contribution in [0.1, 0.15) is 18.0 Å². The Morgan fingerprint density at radius 3 is 2.76 bits per heavy atom. The Morgan fingerprint density at radius 1 is 1.47 bits per heavy atom. The second-order valence-corrected chi connectivity index (χ2v) is 3.93. The molecule has 1 aromatic rings. The molecule has 1 aliphatic rings. The monoisotopic (exact) mass is 235 g/mol. The van der Waals surface area contributed by atoms with Gasteiger partial charge in [-0.05, 0) is 12.5 Å². The maximum absolute atomic E-state index is 11.5. The van der Waals surface area contributed by atoms with Gasteiger partial charge in [-0.3, -0.25) is 9.59 Å². The van der Waals surface area contributed by atoms with E-state index in [9.17, 15) is 9.59 Å². The molecule has 90 valence electrons. The Labute approximate surface area is 98.4 Å². The second-order valence-electron chi connectivity index (χ2n) is 3.93. The van der Waals surface area contributed by atoms with Crippen molar-refractivity contribution in [2.75, 3.05) is 7.11 Å². The number of ether oxygens (including phenoxy) is 1. The van der Waals surface area contributed by atoms with Crippen LogP contribution >= 0.6 is 0 Å². The molecule has 1 saturated heterocycles. The molecule has 1 aliphatic heterocycles. The number of methoxy groups -OCH3 is 1. The maximum Gasteiger partial charge on any atom is 0.316 e. The molecular formula is C12H13NO4. The topological polar surface area (TPSA) is 75.6 Å². The molecule has 2 atom stereocenters. The average Bonchev–Trinajstić information content (AvgIpc) is 2.71. The van der Waals surface area contributed by atoms with Crippen molar-refractivity contribution in [3.63, 3.8) is 0 Å². The van der Waals surface area contributed by atoms with Crippen LogP contribution in [-0.4, -0.2) is 24.1 Å². The highest BCUT2D eigenvalue weighted by molar-refractivity contribution is 5.98. The van der Waals surface area contributed by atoms with Gasteiger partial charge in [0, 0.05) is 5.56 Å². The Kier molecular flexibility index (Phi) is 2.99. The molecule has 2 unspecified atom stereocenters. The van der Waals surface area contributed by atoms with E-state index in [4.69, 9.17) is 9.84 Å². The van der Waals surface area contributed by atoms with E-state index in [1.54, 1.807) is 13.2 Å². The molecule has 0 spiro atoms. The Morgan fingerprint density at radius 2 is 2.18 bits per heavy atom. The zero-order valence-corrected chi connectivity index (χ0v) is 9.34. The van der Waals surface area contributed by atoms with Crippen molar-refractivity contribution in [1.29, 1.82) is 0 Å². The van der Waals surface area contributed by atoms with Gasteiger partial charge in [-0.2, -0.15) is 0 Å². The largest absolute Gasteiger partial charge is 0.496 e. The molecule has 1 amide bonds. The Bertz CT molecular complexity index is 458. The van der Waals surface area contributed by atoms with Gasteiger partial charge in [0.25, 0.3) is 0 Å². The zero-order valence-electron chi connectivity index (χ0n) is 9.34. The molecule has 5 nitrogen and oxygen atoms in total. The van der Waals surface area contributed by atoms with Crippen LogP contribution in [0, 0.1) is 5.92 Å². The van der Waals surface area contributed by atoms with Crippen LogP contribution < -0.4 is 10.1 Å². The highest BCUT2D eigenvalue weighted by atomic mass is 16.5. The van der Waals surface area contributed by atoms with Crippen LogP contribution in [0.25, 0.3) is 0 Å². The fourth-order valence-electron chi connectivity index (χ4n) is 2.05. The van der Waals surface area contributed by atoms with Crippen molar-refractivity contribution < 1.29 is 19.4 Å². The molecule has 17 heavy (non-hydrogen) atoms. The van der Waals surface area contributed by atoms with Crippen LogP contribution in [0.5, 0.6) is 5.75 Å². The summed E-state index contributed by atoms with van der Waals surface area (Å²) in [5.74, 6) is -1.83. The van der Waals surface area contributed by atoms with Gasteiger partial charge < -0.3 is 15.2 Å². The molecule has 0 radical (unpaired) electrons. The first-order valence-corrected chi connectivity index (χ1v) is 5.29. The first kappa shape index (κ1) is 11.4. The normalized spacial score (nSPS) is 23.2. The highest BCUT2D eigenvalue weighted by Gasteiger charge is 2.38. The third-order valence-electron chi connectivity index (χ3n) is 2.92. The van der Waals surface area contributed by atoms with E-state index < -0.39 is 17.8 Å². The van der Waals surface area contributed by atoms with Gasteiger partial charge in [-0.25, -0.2) is 0 Å². The minimum atomic E-state index is -1.08. The number of amides is 1. The van der Waals surface area contributed by atoms with E-state index in [0.29, 0.717) is 5.75 Å². The lowest BCUT2D eigenvalue weighted by molar-refractivity contribution is -0.145. The molecular weight excluding hydrogens is 222 g/mol. The lowest BCUT2D eigenvalue weighted by atomic mass is 9.99. The number of carboxylic acid groups (broad SMARTS) is 1. The Hall–Kier alpha value is -2.04. The molecule has 2 N–H and O–H groups in total. The number of benzene rings is 1. The van der Waals surface area contributed by atoms with Crippen molar-refractivity contribution in [2.24, 2.45) is 5.92 Å². The van der Waals surface area contributed by atoms with Crippen molar-refractivity contribution in [1.82, 2.24) is 5.32 Å². The molecule has 1 aromatic carbocycles. The summed E-state index contributed by atoms with van der Waals surface area (Å²) in [4.78, 5) is 22.3. The van der Waals surface area contributed by atoms with E-state index in [2.05, 4.69) is 5.32 Å². The van der Waals surface area contributed by atoms with Gasteiger partial charge in [0.15, 0.2) is 0 Å². The number of hydrogen-bond donors (Lipinski definition) is 2. The third-order valence-corrected chi connectivity index (χ3v) is 2.92. The summed E-state index contributed by atoms with van der Waals surface area (Å²) >= 11 is 0. The van der Waals surface area contributed by atoms with Crippen LogP contribution in [0.15, 0.2) is 24.3 Å². The number of hydrogen-bond acceptors (Lipinski definition) is 3. The lowest BCUT2D eigenvalue weighted by Gasteiger charge is -2.14. The molecule has 0 bridgehead atoms. The van der Waals surface area contributed by atoms with Gasteiger partial charge in [0.1, 0.15) is 11.7 Å². The first-order valence-electron chi connectivity index (χ1n) is 5.29. The van der Waals surface area contributed by atoms with Gasteiger partial charge >= 0.3 is 5.97 Å². The fraction of sp³-hybridized carbons (Fsp3) is 0.333. The zero-order chi connectivity index (χ0) is 12.4. The van der Waals surface area contributed by atoms with Crippen molar-refractivity contribution in [3.8, 4) is 5.75 Å². The van der Waals surface area contributed by atoms with Gasteiger partial charge in [0.05, 0.1) is 13.2 Å². The predicted molar refractivity (Wildman–Crippen MR) is 59.6 cm³/mol. The predicted octanol–water partition coefficient (Wildman–Crippen LogP) is 0.957. The number of para-hydroxylation sites is 1. The number of carbonyl (C=O) groups excluding carboxylic acids is 1. The van der Waals surface area contributed by atoms with Crippen LogP contribution in [0.4, 0.5) is 0 Å². The summed E-state index contributed by atoms with van der Waals surface area (Å²) in [6, 6.07) is 6.98. The van der Waals surface area contributed by atoms with Crippen LogP contribution in [-0.2, 0) is 9.59 Å². The number of carboxylic acids is 1. The van der Waals surface area contributed by atoms with Gasteiger partial charge in [-0.15, -0.1) is 0 Å². The summed E-state index contributed by atoms with van der Waals surface area (Å²) in [7, 11) is 1.55. The van der Waals surface area contributed by atoms with Crippen molar-refractivity contribution >= 4 is 11.9 Å². The summed E-state index contributed by atoms with van der Waals surface area (Å²) < 4.78 is 5.19. The fourth-order valence-corrected chi connectivity index (χ4v) is 2.05. The SMILES string of the molecule is COc1ccccc1C1CC(C(=O)O)C(=O)N1. The second kappa shape index (κ2) is 4.45. The number of rotatable bonds is 3. The van der Waals surface area contributed by atoms with E-state index in [1.165, 1.54) is 0 Å². The lowest BCUT2D eigenvalue weighted by Crippen LogP contribution is -2.25. The van der Waals surface area contributed by atoms with Crippen molar-refractivity contribution in [2.45, 2.75) is 12.5 Å². The average molecular weight is 235 g/mol. The van der Waals surface area contributed by atoms with E-state index in [1.807, 2.05) is 18.2 Å². The Balaban J connectivity index is 2.25. The van der Waals surface area contributed by atoms with Gasteiger partial charge in [-0.1, -0.05) is 18.2 Å². The first-order chi connectivity index (χ1) is 8.13. The number of nitrogens with one attached hydrogen (secondary N) is 1. The van der Waals surface area contributed by atoms with Crippen LogP contribution in [0.2, 0.25) is 0 Å². The maximum atomic E-state index is 11.5. The standard InChI is InChI=1S/C12H13NO4/c1-17-10-5-3-2-4-7(10)9-6-8(12(15)16)11(14)13-9/h2-5,8-9H,6H2,1H3,(H,13,14)(H,15,16). The van der Waals surface area contributed by atoms with E-state index in [-0.39, 0.29) is 12.5 Å². The highest BCUT2D eigenvalue weighted by Crippen LogP contribution is 2.33. The molecule has 0 aromatic heterocycles. The van der Waals surface area contributed by atoms with E-state index in [0.717, 1.165) is 5.56 Å². The molecule has 0 saturated carbocycles. The van der Waals surface area contributed by atoms with E-state index >= 15 is 0 Å². The summed E-state index contributed by atoms with van der Waals surface area (Å²) in [6.07, 6.45) is 0.258. The summed E-state index contributed by atoms with van der Waals surface area (Å²) in [5, 5.41) is 11.6. The quantitative estimate of drug-likeness (QED) is 0.765. The van der Waals surface area contributed by atoms with Crippen LogP contribution in [0.3, 0.4) is 0 Å². The summed E-state index contributed by atoms with van der Waals surface area (Å²) in [6.45, 7) is 0. The molecule has 1 heterocycles. The summed E-state index contributed by atoms with van der Waals surface area (Å²) in [5.41, 5.74) is 0.812. The minimum absolute atomic E-state index is 0.258. The minimum Gasteiger partial charge on any atom is -0.496 e. The smallest absolute Gasteiger partial charge is 0.316 e. The molecule has 1 fully saturated rings. The van der Waals surface area contributed by atoms with Crippen molar-refractivity contribution in [3.05, 3.63) is 29.8 Å². The molecule has 0 aliphatic carbocycles. The third kappa shape index (κ3) is 2.08. The number of carbonyl (C=O) groups is 2. The molecule has 2 rings (SSSR count). The number of aliphatic carboxylic acids is 1. The molecule has 5 heteroatoms.